The molecule has 9 rings (SSSR count). The summed E-state index contributed by atoms with van der Waals surface area (Å²) < 4.78 is 13.1. The third-order valence-electron chi connectivity index (χ3n) is 12.9. The van der Waals surface area contributed by atoms with E-state index in [4.69, 9.17) is 14.1 Å². The van der Waals surface area contributed by atoms with E-state index in [1.807, 2.05) is 112 Å². The molecule has 6 heterocycles. The average Bonchev–Trinajstić information content (AvgIpc) is 4.16. The van der Waals surface area contributed by atoms with Crippen LogP contribution in [0, 0.1) is 33.1 Å². The molecule has 3 N–H and O–H groups in total. The number of amides is 3. The van der Waals surface area contributed by atoms with Crippen LogP contribution in [0.5, 0.6) is 0 Å². The predicted octanol–water partition coefficient (Wildman–Crippen LogP) is 7.93. The van der Waals surface area contributed by atoms with Gasteiger partial charge >= 0.3 is 11.9 Å². The summed E-state index contributed by atoms with van der Waals surface area (Å²) in [6.07, 6.45) is -0.867. The van der Waals surface area contributed by atoms with E-state index in [1.165, 1.54) is 12.0 Å². The number of carbonyl (C=O) groups excluding carboxylic acids is 4. The van der Waals surface area contributed by atoms with Gasteiger partial charge in [-0.15, -0.1) is 32.9 Å². The molecule has 3 aromatic carbocycles. The van der Waals surface area contributed by atoms with Crippen molar-refractivity contribution in [2.45, 2.75) is 98.5 Å². The Morgan fingerprint density at radius 1 is 0.928 bits per heavy atom. The fourth-order valence-corrected chi connectivity index (χ4v) is 11.0. The van der Waals surface area contributed by atoms with Gasteiger partial charge in [-0.2, -0.15) is 0 Å². The largest absolute Gasteiger partial charge is 0.469 e. The first-order valence-electron chi connectivity index (χ1n) is 22.7. The molecule has 0 bridgehead atoms. The second kappa shape index (κ2) is 18.5. The summed E-state index contributed by atoms with van der Waals surface area (Å²) >= 11 is 3.20. The molecule has 0 unspecified atom stereocenters. The number of hydrogen-bond acceptors (Lipinski definition) is 14. The first-order valence-corrected chi connectivity index (χ1v) is 24.4. The number of aliphatic hydroxyl groups excluding tert-OH is 1. The minimum atomic E-state index is -1.09. The first-order chi connectivity index (χ1) is 32.9. The highest BCUT2D eigenvalue weighted by Crippen LogP contribution is 2.40. The van der Waals surface area contributed by atoms with Gasteiger partial charge in [-0.05, 0) is 80.0 Å². The van der Waals surface area contributed by atoms with Crippen molar-refractivity contribution in [1.29, 1.82) is 0 Å². The zero-order valence-electron chi connectivity index (χ0n) is 39.8. The molecule has 4 aromatic heterocycles. The quantitative estimate of drug-likeness (QED) is 0.106. The number of methoxy groups -OCH3 is 1. The normalized spacial score (nSPS) is 17.7. The lowest BCUT2D eigenvalue weighted by Crippen LogP contribution is -2.57. The Bertz CT molecular complexity index is 3160. The standard InChI is InChI=1S/C51H53N9O7S2/c1-25-28(4)69-50-41(25)42(54-37(22-40(62)66-9)45-58-57-29(5)60(45)50)32-14-12-31(13-15-32)34-18-19-36-39(20-34)67-48(55-36)47(64)56-44(51(6,7)8)49(65)59-23-35(61)21-38(59)46(63)53-26(2)30-10-16-33(17-11-30)43-27(3)52-24-68-43/h10-20,24,26,35,37-38,44,61H,21-23H2,1-9H3,(H,53,63)(H,56,64)/t26-,35+,37-,38-,44+/m0/s1. The summed E-state index contributed by atoms with van der Waals surface area (Å²) in [6.45, 7) is 15.3. The van der Waals surface area contributed by atoms with Crippen LogP contribution in [0.4, 0.5) is 0 Å². The molecule has 0 saturated carbocycles. The number of aryl methyl sites for hydroxylation is 3. The number of carbonyl (C=O) groups is 4. The van der Waals surface area contributed by atoms with Crippen LogP contribution in [0.15, 0.2) is 81.7 Å². The van der Waals surface area contributed by atoms with Crippen molar-refractivity contribution in [1.82, 2.24) is 40.3 Å². The molecule has 69 heavy (non-hydrogen) atoms. The van der Waals surface area contributed by atoms with E-state index < -0.39 is 53.3 Å². The van der Waals surface area contributed by atoms with Crippen LogP contribution in [0.3, 0.4) is 0 Å². The lowest BCUT2D eigenvalue weighted by molar-refractivity contribution is -0.142. The van der Waals surface area contributed by atoms with Crippen molar-refractivity contribution in [2.24, 2.45) is 10.4 Å². The number of esters is 1. The van der Waals surface area contributed by atoms with Gasteiger partial charge in [0.25, 0.3) is 5.89 Å². The average molecular weight is 968 g/mol. The van der Waals surface area contributed by atoms with E-state index >= 15 is 0 Å². The maximum Gasteiger partial charge on any atom is 0.308 e. The molecule has 18 heteroatoms. The van der Waals surface area contributed by atoms with Crippen LogP contribution in [-0.4, -0.2) is 96.0 Å². The number of rotatable bonds is 11. The highest BCUT2D eigenvalue weighted by atomic mass is 32.1. The SMILES string of the molecule is COC(=O)C[C@@H]1N=C(c2ccc(-c3ccc4nc(C(=O)N[C@H](C(=O)N5C[C@H](O)C[C@H]5C(=O)N[C@@H](C)c5ccc(-c6scnc6C)cc5)C(C)(C)C)oc4c3)cc2)c2c(sc(C)c2C)-n2c(C)nnc21. The number of aliphatic hydroxyl groups is 1. The van der Waals surface area contributed by atoms with Gasteiger partial charge in [-0.25, -0.2) is 9.97 Å². The number of benzene rings is 3. The number of aliphatic imine (C=N–C) groups is 1. The number of nitrogens with one attached hydrogen (secondary N) is 2. The van der Waals surface area contributed by atoms with E-state index in [-0.39, 0.29) is 31.3 Å². The zero-order chi connectivity index (χ0) is 49.1. The van der Waals surface area contributed by atoms with Crippen LogP contribution >= 0.6 is 22.7 Å². The molecule has 5 atom stereocenters. The molecule has 0 spiro atoms. The summed E-state index contributed by atoms with van der Waals surface area (Å²) in [4.78, 5) is 72.3. The molecular formula is C51H53N9O7S2. The summed E-state index contributed by atoms with van der Waals surface area (Å²) in [5, 5.41) is 26.4. The minimum absolute atomic E-state index is 0.000920. The van der Waals surface area contributed by atoms with Crippen molar-refractivity contribution < 1.29 is 33.4 Å². The molecule has 3 amide bonds. The lowest BCUT2D eigenvalue weighted by atomic mass is 9.85. The molecule has 0 aliphatic carbocycles. The molecule has 2 aliphatic heterocycles. The minimum Gasteiger partial charge on any atom is -0.469 e. The number of thiophene rings is 1. The number of hydrogen-bond donors (Lipinski definition) is 3. The van der Waals surface area contributed by atoms with Crippen molar-refractivity contribution in [2.75, 3.05) is 13.7 Å². The molecular weight excluding hydrogens is 915 g/mol. The van der Waals surface area contributed by atoms with Crippen LogP contribution in [0.25, 0.3) is 37.7 Å². The Hall–Kier alpha value is -6.89. The number of fused-ring (bicyclic) bond motifs is 4. The van der Waals surface area contributed by atoms with Crippen molar-refractivity contribution in [3.63, 3.8) is 0 Å². The van der Waals surface area contributed by atoms with E-state index in [1.54, 1.807) is 28.7 Å². The van der Waals surface area contributed by atoms with Gasteiger partial charge in [0.2, 0.25) is 11.8 Å². The smallest absolute Gasteiger partial charge is 0.308 e. The Kier molecular flexibility index (Phi) is 12.7. The van der Waals surface area contributed by atoms with Crippen molar-refractivity contribution in [3.8, 4) is 26.6 Å². The summed E-state index contributed by atoms with van der Waals surface area (Å²) in [5.41, 5.74) is 10.0. The van der Waals surface area contributed by atoms with Crippen LogP contribution in [0.2, 0.25) is 0 Å². The number of ether oxygens (including phenoxy) is 1. The number of nitrogens with zero attached hydrogens (tertiary/aromatic N) is 7. The molecule has 356 valence electrons. The van der Waals surface area contributed by atoms with Gasteiger partial charge in [-0.1, -0.05) is 75.4 Å². The van der Waals surface area contributed by atoms with Gasteiger partial charge in [0.15, 0.2) is 11.4 Å². The Morgan fingerprint density at radius 2 is 1.62 bits per heavy atom. The molecule has 1 saturated heterocycles. The highest BCUT2D eigenvalue weighted by molar-refractivity contribution is 7.15. The number of aromatic nitrogens is 5. The van der Waals surface area contributed by atoms with Crippen LogP contribution < -0.4 is 10.6 Å². The highest BCUT2D eigenvalue weighted by Gasteiger charge is 2.45. The number of oxazole rings is 1. The monoisotopic (exact) mass is 967 g/mol. The molecule has 1 fully saturated rings. The molecule has 0 radical (unpaired) electrons. The Morgan fingerprint density at radius 3 is 2.30 bits per heavy atom. The number of likely N-dealkylation sites (tertiary alicyclic amines) is 1. The third kappa shape index (κ3) is 9.11. The zero-order valence-corrected chi connectivity index (χ0v) is 41.4. The first kappa shape index (κ1) is 47.2. The third-order valence-corrected chi connectivity index (χ3v) is 15.1. The van der Waals surface area contributed by atoms with Crippen molar-refractivity contribution in [3.05, 3.63) is 123 Å². The van der Waals surface area contributed by atoms with E-state index in [0.29, 0.717) is 22.7 Å². The van der Waals surface area contributed by atoms with Crippen LogP contribution in [-0.2, 0) is 19.1 Å². The molecule has 7 aromatic rings. The maximum absolute atomic E-state index is 14.4. The van der Waals surface area contributed by atoms with Crippen LogP contribution in [0.1, 0.15) is 108 Å². The van der Waals surface area contributed by atoms with Gasteiger partial charge < -0.3 is 29.8 Å². The van der Waals surface area contributed by atoms with E-state index in [0.717, 1.165) is 65.1 Å². The summed E-state index contributed by atoms with van der Waals surface area (Å²) in [5.74, 6) is -0.951. The second-order valence-electron chi connectivity index (χ2n) is 18.7. The van der Waals surface area contributed by atoms with Gasteiger partial charge in [0, 0.05) is 29.0 Å². The fraction of sp³-hybridized carbons (Fsp3) is 0.353. The van der Waals surface area contributed by atoms with E-state index in [9.17, 15) is 24.3 Å². The Balaban J connectivity index is 0.914. The predicted molar refractivity (Wildman–Crippen MR) is 264 cm³/mol. The van der Waals surface area contributed by atoms with E-state index in [2.05, 4.69) is 44.6 Å². The maximum atomic E-state index is 14.4. The second-order valence-corrected chi connectivity index (χ2v) is 20.8. The summed E-state index contributed by atoms with van der Waals surface area (Å²) in [6, 6.07) is 18.3. The van der Waals surface area contributed by atoms with Gasteiger partial charge in [-0.3, -0.25) is 28.7 Å². The van der Waals surface area contributed by atoms with Gasteiger partial charge in [0.05, 0.1) is 47.5 Å². The van der Waals surface area contributed by atoms with Crippen molar-refractivity contribution >= 4 is 63.2 Å². The number of thiazole rings is 1. The number of β-amino-alcohol motifs (C(OH)–C–C–N with tert-alkyl or cyclic N) is 1. The van der Waals surface area contributed by atoms with Gasteiger partial charge in [0.1, 0.15) is 34.5 Å². The lowest BCUT2D eigenvalue weighted by Gasteiger charge is -2.35. The molecule has 16 nitrogen and oxygen atoms in total. The fourth-order valence-electron chi connectivity index (χ4n) is 9.00. The molecule has 2 aliphatic rings. The topological polar surface area (TPSA) is 207 Å². The summed E-state index contributed by atoms with van der Waals surface area (Å²) in [7, 11) is 1.36. The Labute approximate surface area is 406 Å².